The molecule has 0 aromatic rings. The highest BCUT2D eigenvalue weighted by Gasteiger charge is 2.06. The number of aldehydes is 2. The normalized spacial score (nSPS) is 11.6. The SMILES string of the molecule is O=CCCCCCCCNC(=O)COCCOCCC(O)NCCCCCCCC(=O)NCCCCCCCC(=O)ONOCCCC=O. The number of aliphatic hydroxyl groups is 1. The van der Waals surface area contributed by atoms with E-state index in [-0.39, 0.29) is 24.4 Å². The number of carbonyl (C=O) groups is 5. The van der Waals surface area contributed by atoms with Crippen LogP contribution in [0, 0.1) is 0 Å². The van der Waals surface area contributed by atoms with Crippen LogP contribution in [0.1, 0.15) is 135 Å². The molecule has 286 valence electrons. The predicted molar refractivity (Wildman–Crippen MR) is 186 cm³/mol. The maximum atomic E-state index is 12.0. The first-order valence-corrected chi connectivity index (χ1v) is 18.5. The number of ether oxygens (including phenoxy) is 2. The third kappa shape index (κ3) is 38.2. The van der Waals surface area contributed by atoms with Crippen LogP contribution in [0.4, 0.5) is 0 Å². The van der Waals surface area contributed by atoms with Gasteiger partial charge in [-0.25, -0.2) is 0 Å². The van der Waals surface area contributed by atoms with Gasteiger partial charge in [-0.15, -0.1) is 0 Å². The molecular formula is C35H66N4O10. The van der Waals surface area contributed by atoms with Crippen LogP contribution < -0.4 is 21.6 Å². The highest BCUT2D eigenvalue weighted by molar-refractivity contribution is 5.77. The number of nitrogens with one attached hydrogen (secondary N) is 4. The van der Waals surface area contributed by atoms with Gasteiger partial charge in [0.2, 0.25) is 11.8 Å². The van der Waals surface area contributed by atoms with Crippen molar-refractivity contribution >= 4 is 30.4 Å². The van der Waals surface area contributed by atoms with E-state index in [2.05, 4.69) is 21.6 Å². The molecule has 1 atom stereocenters. The molecule has 0 fully saturated rings. The average molecular weight is 703 g/mol. The molecule has 0 spiro atoms. The Bertz CT molecular complexity index is 806. The first-order chi connectivity index (χ1) is 24.0. The number of rotatable bonds is 39. The maximum Gasteiger partial charge on any atom is 0.327 e. The predicted octanol–water partition coefficient (Wildman–Crippen LogP) is 3.73. The molecule has 5 N–H and O–H groups in total. The van der Waals surface area contributed by atoms with Crippen molar-refractivity contribution in [2.24, 2.45) is 0 Å². The number of amides is 2. The van der Waals surface area contributed by atoms with Crippen LogP contribution in [-0.4, -0.2) is 94.4 Å². The molecule has 49 heavy (non-hydrogen) atoms. The third-order valence-electron chi connectivity index (χ3n) is 7.58. The smallest absolute Gasteiger partial charge is 0.327 e. The van der Waals surface area contributed by atoms with Crippen LogP contribution in [0.5, 0.6) is 0 Å². The Morgan fingerprint density at radius 2 is 1.12 bits per heavy atom. The van der Waals surface area contributed by atoms with Crippen molar-refractivity contribution in [1.29, 1.82) is 0 Å². The summed E-state index contributed by atoms with van der Waals surface area (Å²) in [5.74, 6) is -0.422. The number of hydrogen-bond donors (Lipinski definition) is 5. The minimum absolute atomic E-state index is 0.00844. The molecule has 0 rings (SSSR count). The van der Waals surface area contributed by atoms with Crippen molar-refractivity contribution in [3.05, 3.63) is 0 Å². The van der Waals surface area contributed by atoms with Crippen LogP contribution in [0.15, 0.2) is 0 Å². The molecule has 0 aromatic carbocycles. The molecule has 0 saturated heterocycles. The van der Waals surface area contributed by atoms with Gasteiger partial charge in [0, 0.05) is 45.2 Å². The number of aliphatic hydroxyl groups excluding tert-OH is 1. The van der Waals surface area contributed by atoms with Gasteiger partial charge in [0.1, 0.15) is 25.4 Å². The van der Waals surface area contributed by atoms with E-state index in [1.54, 1.807) is 0 Å². The maximum absolute atomic E-state index is 12.0. The summed E-state index contributed by atoms with van der Waals surface area (Å²) < 4.78 is 10.8. The van der Waals surface area contributed by atoms with Crippen molar-refractivity contribution in [3.8, 4) is 0 Å². The molecule has 0 aromatic heterocycles. The molecule has 2 amide bonds. The Balaban J connectivity index is 3.36. The second kappa shape index (κ2) is 38.3. The molecule has 0 bridgehead atoms. The second-order valence-electron chi connectivity index (χ2n) is 12.1. The highest BCUT2D eigenvalue weighted by Crippen LogP contribution is 2.07. The zero-order valence-corrected chi connectivity index (χ0v) is 29.9. The van der Waals surface area contributed by atoms with Gasteiger partial charge in [0.15, 0.2) is 0 Å². The Hall–Kier alpha value is -2.49. The van der Waals surface area contributed by atoms with E-state index in [4.69, 9.17) is 19.1 Å². The lowest BCUT2D eigenvalue weighted by molar-refractivity contribution is -0.192. The Labute approximate surface area is 293 Å². The van der Waals surface area contributed by atoms with Crippen LogP contribution in [0.2, 0.25) is 0 Å². The van der Waals surface area contributed by atoms with Crippen LogP contribution in [-0.2, 0) is 43.1 Å². The minimum Gasteiger partial charge on any atom is -0.379 e. The average Bonchev–Trinajstić information content (AvgIpc) is 3.09. The van der Waals surface area contributed by atoms with Gasteiger partial charge in [-0.3, -0.25) is 24.5 Å². The largest absolute Gasteiger partial charge is 0.379 e. The molecular weight excluding hydrogens is 636 g/mol. The summed E-state index contributed by atoms with van der Waals surface area (Å²) in [6, 6.07) is 0. The quantitative estimate of drug-likeness (QED) is 0.0271. The highest BCUT2D eigenvalue weighted by atomic mass is 16.9. The van der Waals surface area contributed by atoms with Crippen molar-refractivity contribution in [2.45, 2.75) is 141 Å². The second-order valence-corrected chi connectivity index (χ2v) is 12.1. The van der Waals surface area contributed by atoms with Gasteiger partial charge in [-0.2, -0.15) is 0 Å². The van der Waals surface area contributed by atoms with Gasteiger partial charge < -0.3 is 39.6 Å². The van der Waals surface area contributed by atoms with E-state index in [1.165, 1.54) is 0 Å². The summed E-state index contributed by atoms with van der Waals surface area (Å²) in [5, 5.41) is 19.0. The van der Waals surface area contributed by atoms with Gasteiger partial charge in [0.25, 0.3) is 0 Å². The van der Waals surface area contributed by atoms with E-state index in [9.17, 15) is 29.1 Å². The van der Waals surface area contributed by atoms with Gasteiger partial charge in [-0.05, 0) is 57.1 Å². The van der Waals surface area contributed by atoms with Gasteiger partial charge >= 0.3 is 5.97 Å². The summed E-state index contributed by atoms with van der Waals surface area (Å²) in [5.41, 5.74) is 2.14. The zero-order valence-electron chi connectivity index (χ0n) is 29.9. The fourth-order valence-corrected chi connectivity index (χ4v) is 4.70. The number of unbranched alkanes of at least 4 members (excludes halogenated alkanes) is 14. The lowest BCUT2D eigenvalue weighted by atomic mass is 10.1. The number of hydrogen-bond acceptors (Lipinski definition) is 12. The van der Waals surface area contributed by atoms with E-state index in [0.717, 1.165) is 115 Å². The first kappa shape index (κ1) is 46.5. The van der Waals surface area contributed by atoms with E-state index in [1.807, 2.05) is 0 Å². The van der Waals surface area contributed by atoms with Crippen LogP contribution in [0.25, 0.3) is 0 Å². The number of carbonyl (C=O) groups excluding carboxylic acids is 5. The van der Waals surface area contributed by atoms with Crippen molar-refractivity contribution < 1.29 is 48.2 Å². The van der Waals surface area contributed by atoms with Crippen LogP contribution in [0.3, 0.4) is 0 Å². The van der Waals surface area contributed by atoms with Crippen LogP contribution >= 0.6 is 0 Å². The standard InChI is InChI=1S/C35H66N4O10/c40-25-16-10-2-1-7-15-24-38-34(44)31-47-30-29-46-28-21-33(43)37-23-14-8-3-5-11-19-32(42)36-22-13-9-4-6-12-20-35(45)49-39-48-27-18-17-26-41/h25-26,33,37,39,43H,1-24,27-31H2,(H,36,42)(H,38,44). The van der Waals surface area contributed by atoms with Gasteiger partial charge in [0.05, 0.1) is 26.4 Å². The lowest BCUT2D eigenvalue weighted by Crippen LogP contribution is -2.31. The molecule has 0 radical (unpaired) electrons. The fourth-order valence-electron chi connectivity index (χ4n) is 4.70. The third-order valence-corrected chi connectivity index (χ3v) is 7.58. The molecule has 14 nitrogen and oxygen atoms in total. The fraction of sp³-hybridized carbons (Fsp3) is 0.857. The summed E-state index contributed by atoms with van der Waals surface area (Å²) in [6.45, 7) is 3.42. The Morgan fingerprint density at radius 1 is 0.571 bits per heavy atom. The molecule has 1 unspecified atom stereocenters. The van der Waals surface area contributed by atoms with E-state index >= 15 is 0 Å². The Morgan fingerprint density at radius 3 is 1.82 bits per heavy atom. The first-order valence-electron chi connectivity index (χ1n) is 18.5. The zero-order chi connectivity index (χ0) is 35.9. The lowest BCUT2D eigenvalue weighted by Gasteiger charge is -2.13. The molecule has 14 heteroatoms. The monoisotopic (exact) mass is 702 g/mol. The molecule has 0 aliphatic carbocycles. The van der Waals surface area contributed by atoms with Crippen molar-refractivity contribution in [3.63, 3.8) is 0 Å². The summed E-state index contributed by atoms with van der Waals surface area (Å²) >= 11 is 0. The van der Waals surface area contributed by atoms with Crippen molar-refractivity contribution in [1.82, 2.24) is 21.6 Å². The molecule has 0 aliphatic rings. The topological polar surface area (TPSA) is 191 Å². The van der Waals surface area contributed by atoms with E-state index < -0.39 is 6.23 Å². The van der Waals surface area contributed by atoms with Crippen molar-refractivity contribution in [2.75, 3.05) is 52.7 Å². The molecule has 0 aliphatic heterocycles. The summed E-state index contributed by atoms with van der Waals surface area (Å²) in [6.07, 6.45) is 18.5. The van der Waals surface area contributed by atoms with Gasteiger partial charge in [-0.1, -0.05) is 57.8 Å². The summed E-state index contributed by atoms with van der Waals surface area (Å²) in [7, 11) is 0. The molecule has 0 saturated carbocycles. The Kier molecular flexibility index (Phi) is 36.4. The minimum atomic E-state index is -0.626. The van der Waals surface area contributed by atoms with E-state index in [0.29, 0.717) is 78.0 Å². The summed E-state index contributed by atoms with van der Waals surface area (Å²) in [4.78, 5) is 65.4. The molecule has 0 heterocycles.